The third kappa shape index (κ3) is 29.2. The molecule has 9 heterocycles. The molecule has 16 heteroatoms. The SMILES string of the molecule is CC(=O)C=C(C)O.CC(=O)C=C(C)O.[Ir+3].[Ir].[Ir].[c-]1c(-c2ccccn2)sc2ccccc12.[c-]1c(-c2ccccn2)sc2ccccc12.[c-]1ccccc1-c1ccccn1.[c-]1ccccc1-c1ccccn1.[c-]1ccccc1-c1nccc2ccccc12.[c-]1ccccc1-c1nccc2ccccc12.[c-]1ccccc1-c1nccc2ccccc12. The van der Waals surface area contributed by atoms with Crippen LogP contribution in [0.15, 0.2) is 401 Å². The topological polar surface area (TPSA) is 165 Å². The minimum absolute atomic E-state index is 0. The molecule has 0 spiro atoms. The van der Waals surface area contributed by atoms with Gasteiger partial charge in [0.05, 0.1) is 11.5 Å². The molecule has 0 aliphatic carbocycles. The molecule has 0 aliphatic heterocycles. The average Bonchev–Trinajstić information content (AvgIpc) is 1.82. The normalized spacial score (nSPS) is 10.2. The molecule has 0 amide bonds. The summed E-state index contributed by atoms with van der Waals surface area (Å²) < 4.78 is 2.52. The van der Waals surface area contributed by atoms with Crippen LogP contribution in [0.3, 0.4) is 0 Å². The van der Waals surface area contributed by atoms with Gasteiger partial charge in [-0.25, -0.2) is 22.7 Å². The number of fused-ring (bicyclic) bond motifs is 5. The molecule has 11 nitrogen and oxygen atoms in total. The summed E-state index contributed by atoms with van der Waals surface area (Å²) >= 11 is 3.46. The zero-order chi connectivity index (χ0) is 80.7. The summed E-state index contributed by atoms with van der Waals surface area (Å²) in [5, 5.41) is 26.2. The predicted molar refractivity (Wildman–Crippen MR) is 477 cm³/mol. The van der Waals surface area contributed by atoms with Crippen molar-refractivity contribution in [2.45, 2.75) is 27.7 Å². The maximum absolute atomic E-state index is 10.0. The van der Waals surface area contributed by atoms with Crippen molar-refractivity contribution in [3.63, 3.8) is 0 Å². The van der Waals surface area contributed by atoms with Crippen LogP contribution in [0.2, 0.25) is 0 Å². The Kier molecular flexibility index (Phi) is 38.6. The van der Waals surface area contributed by atoms with E-state index in [4.69, 9.17) is 10.2 Å². The Hall–Kier alpha value is -12.7. The fraction of sp³-hybridized carbons (Fsp3) is 0.0388. The summed E-state index contributed by atoms with van der Waals surface area (Å²) in [6, 6.07) is 133. The van der Waals surface area contributed by atoms with Crippen LogP contribution in [0, 0.1) is 42.5 Å². The van der Waals surface area contributed by atoms with E-state index in [0.29, 0.717) is 0 Å². The Balaban J connectivity index is 0.000000168. The second-order valence-corrected chi connectivity index (χ2v) is 27.4. The number of benzene rings is 10. The average molecular weight is 2120 g/mol. The van der Waals surface area contributed by atoms with E-state index in [1.165, 1.54) is 92.3 Å². The number of hydrogen-bond donors (Lipinski definition) is 2. The number of aliphatic hydroxyl groups is 2. The largest absolute Gasteiger partial charge is 3.00 e. The Morgan fingerprint density at radius 3 is 0.798 bits per heavy atom. The van der Waals surface area contributed by atoms with Crippen LogP contribution in [0.1, 0.15) is 27.7 Å². The third-order valence-electron chi connectivity index (χ3n) is 16.5. The zero-order valence-corrected chi connectivity index (χ0v) is 73.9. The van der Waals surface area contributed by atoms with E-state index in [1.54, 1.807) is 35.1 Å². The zero-order valence-electron chi connectivity index (χ0n) is 65.1. The maximum Gasteiger partial charge on any atom is 3.00 e. The summed E-state index contributed by atoms with van der Waals surface area (Å²) in [6.45, 7) is 5.70. The van der Waals surface area contributed by atoms with Gasteiger partial charge in [-0.3, -0.25) is 9.59 Å². The molecule has 10 aromatic carbocycles. The van der Waals surface area contributed by atoms with E-state index in [2.05, 4.69) is 150 Å². The molecule has 2 N–H and O–H groups in total. The number of pyridine rings is 7. The Bertz CT molecular complexity index is 5620. The van der Waals surface area contributed by atoms with Gasteiger partial charge in [0.1, 0.15) is 0 Å². The minimum Gasteiger partial charge on any atom is -0.512 e. The van der Waals surface area contributed by atoms with E-state index in [-0.39, 0.29) is 83.4 Å². The smallest absolute Gasteiger partial charge is 0.512 e. The summed E-state index contributed by atoms with van der Waals surface area (Å²) in [5.74, 6) is -0.125. The maximum atomic E-state index is 10.0. The molecule has 119 heavy (non-hydrogen) atoms. The van der Waals surface area contributed by atoms with Gasteiger partial charge in [0, 0.05) is 107 Å². The van der Waals surface area contributed by atoms with Gasteiger partial charge >= 0.3 is 20.1 Å². The number of rotatable bonds is 9. The molecule has 0 fully saturated rings. The fourth-order valence-electron chi connectivity index (χ4n) is 11.4. The number of aromatic nitrogens is 7. The molecule has 0 bridgehead atoms. The number of aliphatic hydroxyl groups excluding tert-OH is 2. The summed E-state index contributed by atoms with van der Waals surface area (Å²) in [6.07, 6.45) is 15.1. The fourth-order valence-corrected chi connectivity index (χ4v) is 13.4. The molecule has 0 aliphatic rings. The monoisotopic (exact) mass is 2120 g/mol. The van der Waals surface area contributed by atoms with Gasteiger partial charge in [0.15, 0.2) is 11.6 Å². The van der Waals surface area contributed by atoms with Crippen molar-refractivity contribution in [2.24, 2.45) is 0 Å². The minimum atomic E-state index is -0.125. The number of nitrogens with zero attached hydrogens (tertiary/aromatic N) is 7. The van der Waals surface area contributed by atoms with Gasteiger partial charge in [0.2, 0.25) is 0 Å². The Morgan fingerprint density at radius 2 is 0.546 bits per heavy atom. The van der Waals surface area contributed by atoms with E-state index in [9.17, 15) is 9.59 Å². The number of ketones is 2. The van der Waals surface area contributed by atoms with Gasteiger partial charge in [-0.1, -0.05) is 146 Å². The van der Waals surface area contributed by atoms with Gasteiger partial charge in [-0.2, -0.15) is 0 Å². The second kappa shape index (κ2) is 50.1. The molecule has 19 rings (SSSR count). The predicted octanol–water partition coefficient (Wildman–Crippen LogP) is 25.8. The van der Waals surface area contributed by atoms with Gasteiger partial charge in [-0.05, 0) is 150 Å². The molecule has 19 aromatic rings. The second-order valence-electron chi connectivity index (χ2n) is 25.3. The molecular weight excluding hydrogens is 2040 g/mol. The van der Waals surface area contributed by atoms with Crippen molar-refractivity contribution >= 4 is 86.7 Å². The molecule has 2 radical (unpaired) electrons. The first-order valence-corrected chi connectivity index (χ1v) is 38.6. The molecule has 9 aromatic heterocycles. The van der Waals surface area contributed by atoms with Gasteiger partial charge < -0.3 is 45.1 Å². The Morgan fingerprint density at radius 1 is 0.286 bits per heavy atom. The summed E-state index contributed by atoms with van der Waals surface area (Å²) in [7, 11) is 0. The number of carbonyl (C=O) groups is 2. The summed E-state index contributed by atoms with van der Waals surface area (Å²) in [5.41, 5.74) is 12.1. The van der Waals surface area contributed by atoms with Gasteiger partial charge in [0.25, 0.3) is 0 Å². The number of hydrogen-bond acceptors (Lipinski definition) is 13. The van der Waals surface area contributed by atoms with Crippen LogP contribution in [0.4, 0.5) is 0 Å². The molecule has 0 unspecified atom stereocenters. The van der Waals surface area contributed by atoms with E-state index >= 15 is 0 Å². The quantitative estimate of drug-likeness (QED) is 0.0803. The van der Waals surface area contributed by atoms with E-state index in [1.807, 2.05) is 292 Å². The van der Waals surface area contributed by atoms with Crippen LogP contribution < -0.4 is 0 Å². The van der Waals surface area contributed by atoms with Crippen LogP contribution >= 0.6 is 22.7 Å². The van der Waals surface area contributed by atoms with Crippen molar-refractivity contribution in [1.82, 2.24) is 34.9 Å². The van der Waals surface area contributed by atoms with Crippen LogP contribution in [0.5, 0.6) is 0 Å². The van der Waals surface area contributed by atoms with Crippen LogP contribution in [0.25, 0.3) is 130 Å². The Labute approximate surface area is 743 Å². The first kappa shape index (κ1) is 91.8. The van der Waals surface area contributed by atoms with Crippen molar-refractivity contribution in [1.29, 1.82) is 0 Å². The molecule has 0 saturated carbocycles. The molecule has 0 saturated heterocycles. The van der Waals surface area contributed by atoms with Crippen molar-refractivity contribution in [3.05, 3.63) is 443 Å². The van der Waals surface area contributed by atoms with Crippen molar-refractivity contribution in [3.8, 4) is 77.4 Å². The third-order valence-corrected chi connectivity index (χ3v) is 18.7. The van der Waals surface area contributed by atoms with E-state index in [0.717, 1.165) is 77.4 Å². The molecular formula is C103H78Ir3N7O4S2-4. The number of allylic oxidation sites excluding steroid dienone is 4. The van der Waals surface area contributed by atoms with Crippen molar-refractivity contribution in [2.75, 3.05) is 0 Å². The molecule has 0 atom stereocenters. The van der Waals surface area contributed by atoms with Crippen LogP contribution in [-0.4, -0.2) is 56.7 Å². The first-order valence-electron chi connectivity index (χ1n) is 37.0. The van der Waals surface area contributed by atoms with Crippen molar-refractivity contribution < 1.29 is 80.1 Å². The number of carbonyl (C=O) groups excluding carboxylic acids is 2. The summed E-state index contributed by atoms with van der Waals surface area (Å²) in [4.78, 5) is 52.7. The first-order chi connectivity index (χ1) is 56.9. The number of thiophene rings is 2. The standard InChI is InChI=1S/3C15H10N.2C13H8NS.2C11H8N.2C5H8O2.3Ir/c3*1-2-7-13(8-3-1)15-14-9-5-4-6-12(14)10-11-16-15;2*1-2-7-12-10(5-1)9-13(15-12)11-6-3-4-8-14-11;2*1-2-6-10(7-3-1)11-8-4-5-9-12-11;2*1-4(6)3-5(2)7;;;/h3*1-7,9-11H;2*1-8H;2*1-6,8-9H;2*3,6H,1-2H3;;;/q7*-1;;;;;+3. The molecule has 592 valence electrons. The van der Waals surface area contributed by atoms with Gasteiger partial charge in [-0.15, -0.1) is 227 Å². The van der Waals surface area contributed by atoms with Crippen LogP contribution in [-0.2, 0) is 69.9 Å². The van der Waals surface area contributed by atoms with E-state index < -0.39 is 0 Å².